The first-order valence-electron chi connectivity index (χ1n) is 7.91. The van der Waals surface area contributed by atoms with E-state index in [0.29, 0.717) is 0 Å². The van der Waals surface area contributed by atoms with E-state index in [1.54, 1.807) is 7.11 Å². The molecule has 4 nitrogen and oxygen atoms in total. The van der Waals surface area contributed by atoms with Crippen molar-refractivity contribution in [2.24, 2.45) is 5.92 Å². The predicted molar refractivity (Wildman–Crippen MR) is 85.5 cm³/mol. The standard InChI is InChI=1S/C17H28N2O2/c1-14(20)13-19-8-6-15(7-9-19)11-18-12-16-4-3-5-17(10-16)21-2/h3-5,10,14-15,18,20H,6-9,11-13H2,1-2H3/t14-/m1/s1. The Morgan fingerprint density at radius 2 is 2.14 bits per heavy atom. The zero-order valence-electron chi connectivity index (χ0n) is 13.2. The van der Waals surface area contributed by atoms with Crippen LogP contribution in [0.25, 0.3) is 0 Å². The minimum Gasteiger partial charge on any atom is -0.497 e. The molecule has 1 fully saturated rings. The van der Waals surface area contributed by atoms with Crippen LogP contribution in [0.15, 0.2) is 24.3 Å². The summed E-state index contributed by atoms with van der Waals surface area (Å²) in [5, 5.41) is 13.0. The first-order valence-corrected chi connectivity index (χ1v) is 7.91. The number of benzene rings is 1. The second-order valence-corrected chi connectivity index (χ2v) is 6.08. The lowest BCUT2D eigenvalue weighted by atomic mass is 9.96. The Labute approximate surface area is 128 Å². The molecule has 1 aliphatic rings. The smallest absolute Gasteiger partial charge is 0.119 e. The highest BCUT2D eigenvalue weighted by Gasteiger charge is 2.19. The third kappa shape index (κ3) is 5.65. The average molecular weight is 292 g/mol. The third-order valence-corrected chi connectivity index (χ3v) is 4.13. The van der Waals surface area contributed by atoms with Crippen LogP contribution in [-0.2, 0) is 6.54 Å². The second-order valence-electron chi connectivity index (χ2n) is 6.08. The molecule has 1 aromatic carbocycles. The van der Waals surface area contributed by atoms with Crippen molar-refractivity contribution in [2.45, 2.75) is 32.4 Å². The summed E-state index contributed by atoms with van der Waals surface area (Å²) in [7, 11) is 1.70. The molecule has 0 radical (unpaired) electrons. The van der Waals surface area contributed by atoms with Gasteiger partial charge >= 0.3 is 0 Å². The molecular formula is C17H28N2O2. The topological polar surface area (TPSA) is 44.7 Å². The van der Waals surface area contributed by atoms with Gasteiger partial charge in [-0.3, -0.25) is 0 Å². The van der Waals surface area contributed by atoms with Crippen LogP contribution in [0.2, 0.25) is 0 Å². The molecule has 1 heterocycles. The van der Waals surface area contributed by atoms with Crippen molar-refractivity contribution in [1.82, 2.24) is 10.2 Å². The van der Waals surface area contributed by atoms with Gasteiger partial charge in [-0.2, -0.15) is 0 Å². The summed E-state index contributed by atoms with van der Waals surface area (Å²) < 4.78 is 5.24. The Kier molecular flexibility index (Phi) is 6.49. The SMILES string of the molecule is COc1cccc(CNCC2CCN(C[C@@H](C)O)CC2)c1. The van der Waals surface area contributed by atoms with Gasteiger partial charge in [0.25, 0.3) is 0 Å². The van der Waals surface area contributed by atoms with Crippen LogP contribution >= 0.6 is 0 Å². The van der Waals surface area contributed by atoms with E-state index in [4.69, 9.17) is 4.74 Å². The lowest BCUT2D eigenvalue weighted by Crippen LogP contribution is -2.40. The molecule has 0 unspecified atom stereocenters. The van der Waals surface area contributed by atoms with Gasteiger partial charge in [0.2, 0.25) is 0 Å². The first-order chi connectivity index (χ1) is 10.2. The minimum absolute atomic E-state index is 0.215. The van der Waals surface area contributed by atoms with Crippen LogP contribution in [0.1, 0.15) is 25.3 Å². The minimum atomic E-state index is -0.215. The average Bonchev–Trinajstić information content (AvgIpc) is 2.49. The number of β-amino-alcohol motifs (C(OH)–C–C–N with tert-alkyl or cyclic N) is 1. The van der Waals surface area contributed by atoms with Gasteiger partial charge in [-0.05, 0) is 63.0 Å². The summed E-state index contributed by atoms with van der Waals surface area (Å²) >= 11 is 0. The number of aliphatic hydroxyl groups excluding tert-OH is 1. The van der Waals surface area contributed by atoms with Crippen molar-refractivity contribution in [2.75, 3.05) is 33.3 Å². The monoisotopic (exact) mass is 292 g/mol. The van der Waals surface area contributed by atoms with E-state index in [-0.39, 0.29) is 6.10 Å². The molecule has 1 saturated heterocycles. The molecule has 4 heteroatoms. The van der Waals surface area contributed by atoms with Crippen LogP contribution in [0.3, 0.4) is 0 Å². The van der Waals surface area contributed by atoms with Crippen molar-refractivity contribution in [3.05, 3.63) is 29.8 Å². The Hall–Kier alpha value is -1.10. The van der Waals surface area contributed by atoms with E-state index in [9.17, 15) is 5.11 Å². The fourth-order valence-electron chi connectivity index (χ4n) is 2.95. The largest absolute Gasteiger partial charge is 0.497 e. The lowest BCUT2D eigenvalue weighted by Gasteiger charge is -2.32. The van der Waals surface area contributed by atoms with Gasteiger partial charge in [-0.15, -0.1) is 0 Å². The number of aliphatic hydroxyl groups is 1. The first kappa shape index (κ1) is 16.3. The van der Waals surface area contributed by atoms with Gasteiger partial charge in [0.15, 0.2) is 0 Å². The molecule has 0 aliphatic carbocycles. The van der Waals surface area contributed by atoms with Crippen LogP contribution in [0.5, 0.6) is 5.75 Å². The number of piperidine rings is 1. The van der Waals surface area contributed by atoms with Gasteiger partial charge in [0.1, 0.15) is 5.75 Å². The Morgan fingerprint density at radius 1 is 1.38 bits per heavy atom. The highest BCUT2D eigenvalue weighted by molar-refractivity contribution is 5.28. The Morgan fingerprint density at radius 3 is 2.81 bits per heavy atom. The van der Waals surface area contributed by atoms with Gasteiger partial charge in [0, 0.05) is 13.1 Å². The molecule has 118 valence electrons. The second kappa shape index (κ2) is 8.37. The summed E-state index contributed by atoms with van der Waals surface area (Å²) in [4.78, 5) is 2.36. The van der Waals surface area contributed by atoms with E-state index in [1.807, 2.05) is 19.1 Å². The molecule has 1 aromatic rings. The van der Waals surface area contributed by atoms with Gasteiger partial charge in [0.05, 0.1) is 13.2 Å². The summed E-state index contributed by atoms with van der Waals surface area (Å²) in [6, 6.07) is 8.21. The molecule has 0 aromatic heterocycles. The van der Waals surface area contributed by atoms with Crippen molar-refractivity contribution < 1.29 is 9.84 Å². The Balaban J connectivity index is 1.65. The number of likely N-dealkylation sites (tertiary alicyclic amines) is 1. The predicted octanol–water partition coefficient (Wildman–Crippen LogP) is 1.88. The quantitative estimate of drug-likeness (QED) is 0.805. The van der Waals surface area contributed by atoms with Crippen molar-refractivity contribution in [3.8, 4) is 5.75 Å². The normalized spacial score (nSPS) is 18.6. The van der Waals surface area contributed by atoms with Crippen molar-refractivity contribution in [3.63, 3.8) is 0 Å². The Bertz CT molecular complexity index is 415. The molecule has 1 aliphatic heterocycles. The number of nitrogens with zero attached hydrogens (tertiary/aromatic N) is 1. The number of hydrogen-bond acceptors (Lipinski definition) is 4. The molecule has 2 N–H and O–H groups in total. The number of rotatable bonds is 7. The maximum Gasteiger partial charge on any atom is 0.119 e. The summed E-state index contributed by atoms with van der Waals surface area (Å²) in [6.45, 7) is 6.85. The molecule has 0 amide bonds. The lowest BCUT2D eigenvalue weighted by molar-refractivity contribution is 0.0998. The van der Waals surface area contributed by atoms with E-state index >= 15 is 0 Å². The van der Waals surface area contributed by atoms with Gasteiger partial charge in [-0.25, -0.2) is 0 Å². The van der Waals surface area contributed by atoms with E-state index in [2.05, 4.69) is 22.3 Å². The molecule has 21 heavy (non-hydrogen) atoms. The maximum atomic E-state index is 9.42. The van der Waals surface area contributed by atoms with Crippen molar-refractivity contribution in [1.29, 1.82) is 0 Å². The number of methoxy groups -OCH3 is 1. The highest BCUT2D eigenvalue weighted by atomic mass is 16.5. The van der Waals surface area contributed by atoms with Crippen LogP contribution < -0.4 is 10.1 Å². The summed E-state index contributed by atoms with van der Waals surface area (Å²) in [6.07, 6.45) is 2.23. The maximum absolute atomic E-state index is 9.42. The summed E-state index contributed by atoms with van der Waals surface area (Å²) in [5.41, 5.74) is 1.26. The third-order valence-electron chi connectivity index (χ3n) is 4.13. The number of ether oxygens (including phenoxy) is 1. The molecular weight excluding hydrogens is 264 g/mol. The molecule has 2 rings (SSSR count). The highest BCUT2D eigenvalue weighted by Crippen LogP contribution is 2.17. The zero-order valence-corrected chi connectivity index (χ0v) is 13.2. The molecule has 1 atom stereocenters. The molecule has 0 saturated carbocycles. The fourth-order valence-corrected chi connectivity index (χ4v) is 2.95. The molecule has 0 spiro atoms. The number of hydrogen-bond donors (Lipinski definition) is 2. The van der Waals surface area contributed by atoms with Crippen LogP contribution in [0, 0.1) is 5.92 Å². The van der Waals surface area contributed by atoms with Gasteiger partial charge < -0.3 is 20.1 Å². The summed E-state index contributed by atoms with van der Waals surface area (Å²) in [5.74, 6) is 1.67. The van der Waals surface area contributed by atoms with Crippen molar-refractivity contribution >= 4 is 0 Å². The number of nitrogens with one attached hydrogen (secondary N) is 1. The zero-order chi connectivity index (χ0) is 15.1. The van der Waals surface area contributed by atoms with E-state index in [0.717, 1.165) is 44.4 Å². The van der Waals surface area contributed by atoms with Crippen LogP contribution in [-0.4, -0.2) is 49.4 Å². The van der Waals surface area contributed by atoms with E-state index in [1.165, 1.54) is 18.4 Å². The van der Waals surface area contributed by atoms with Crippen LogP contribution in [0.4, 0.5) is 0 Å². The van der Waals surface area contributed by atoms with Gasteiger partial charge in [-0.1, -0.05) is 12.1 Å². The fraction of sp³-hybridized carbons (Fsp3) is 0.647. The molecule has 0 bridgehead atoms. The van der Waals surface area contributed by atoms with E-state index < -0.39 is 0 Å².